The number of nitrogens with zero attached hydrogens (tertiary/aromatic N) is 4. The van der Waals surface area contributed by atoms with E-state index in [1.807, 2.05) is 71.0 Å². The number of benzene rings is 2. The summed E-state index contributed by atoms with van der Waals surface area (Å²) >= 11 is 0. The summed E-state index contributed by atoms with van der Waals surface area (Å²) in [5.41, 5.74) is 2.86. The van der Waals surface area contributed by atoms with Gasteiger partial charge in [0, 0.05) is 30.3 Å². The lowest BCUT2D eigenvalue weighted by molar-refractivity contribution is 0.0703. The quantitative estimate of drug-likeness (QED) is 0.728. The molecule has 1 fully saturated rings. The van der Waals surface area contributed by atoms with Crippen LogP contribution in [0.15, 0.2) is 60.9 Å². The molecule has 0 unspecified atom stereocenters. The average Bonchev–Trinajstić information content (AvgIpc) is 3.18. The number of carbonyl (C=O) groups is 1. The molecule has 2 heterocycles. The SMILES string of the molecule is Cc1ccccc1C(=O)N1CCC[C@@H](c2nncn2-c2ccccc2)C1. The van der Waals surface area contributed by atoms with E-state index in [1.165, 1.54) is 0 Å². The van der Waals surface area contributed by atoms with Crippen molar-refractivity contribution >= 4 is 5.91 Å². The second-order valence-electron chi connectivity index (χ2n) is 6.80. The van der Waals surface area contributed by atoms with Gasteiger partial charge in [0.2, 0.25) is 0 Å². The van der Waals surface area contributed by atoms with E-state index in [1.54, 1.807) is 6.33 Å². The van der Waals surface area contributed by atoms with Crippen molar-refractivity contribution < 1.29 is 4.79 Å². The molecular weight excluding hydrogens is 324 g/mol. The van der Waals surface area contributed by atoms with Crippen LogP contribution >= 0.6 is 0 Å². The molecule has 1 aromatic heterocycles. The first-order valence-electron chi connectivity index (χ1n) is 9.04. The third-order valence-electron chi connectivity index (χ3n) is 5.06. The van der Waals surface area contributed by atoms with E-state index in [2.05, 4.69) is 10.2 Å². The lowest BCUT2D eigenvalue weighted by Gasteiger charge is -2.32. The van der Waals surface area contributed by atoms with Gasteiger partial charge in [0.25, 0.3) is 5.91 Å². The van der Waals surface area contributed by atoms with E-state index in [0.717, 1.165) is 42.0 Å². The number of aromatic nitrogens is 3. The monoisotopic (exact) mass is 346 g/mol. The van der Waals surface area contributed by atoms with Crippen LogP contribution < -0.4 is 0 Å². The van der Waals surface area contributed by atoms with E-state index < -0.39 is 0 Å². The van der Waals surface area contributed by atoms with Crippen LogP contribution in [0, 0.1) is 6.92 Å². The van der Waals surface area contributed by atoms with Crippen molar-refractivity contribution in [1.82, 2.24) is 19.7 Å². The van der Waals surface area contributed by atoms with E-state index in [4.69, 9.17) is 0 Å². The molecule has 0 saturated carbocycles. The zero-order valence-electron chi connectivity index (χ0n) is 14.9. The zero-order valence-corrected chi connectivity index (χ0v) is 14.9. The van der Waals surface area contributed by atoms with Gasteiger partial charge in [-0.1, -0.05) is 36.4 Å². The molecule has 5 heteroatoms. The first-order chi connectivity index (χ1) is 12.7. The third kappa shape index (κ3) is 3.12. The van der Waals surface area contributed by atoms with Gasteiger partial charge in [-0.3, -0.25) is 9.36 Å². The molecule has 26 heavy (non-hydrogen) atoms. The molecule has 1 aliphatic heterocycles. The molecule has 132 valence electrons. The first-order valence-corrected chi connectivity index (χ1v) is 9.04. The Kier molecular flexibility index (Phi) is 4.52. The number of amides is 1. The molecule has 0 N–H and O–H groups in total. The van der Waals surface area contributed by atoms with Gasteiger partial charge in [-0.2, -0.15) is 0 Å². The molecule has 1 amide bonds. The topological polar surface area (TPSA) is 51.0 Å². The summed E-state index contributed by atoms with van der Waals surface area (Å²) in [5.74, 6) is 1.23. The summed E-state index contributed by atoms with van der Waals surface area (Å²) in [6.45, 7) is 3.46. The molecule has 5 nitrogen and oxygen atoms in total. The number of rotatable bonds is 3. The smallest absolute Gasteiger partial charge is 0.254 e. The summed E-state index contributed by atoms with van der Waals surface area (Å²) < 4.78 is 2.03. The third-order valence-corrected chi connectivity index (χ3v) is 5.06. The summed E-state index contributed by atoms with van der Waals surface area (Å²) in [7, 11) is 0. The number of carbonyl (C=O) groups excluding carboxylic acids is 1. The highest BCUT2D eigenvalue weighted by Gasteiger charge is 2.29. The van der Waals surface area contributed by atoms with Crippen LogP contribution in [0.4, 0.5) is 0 Å². The van der Waals surface area contributed by atoms with E-state index in [9.17, 15) is 4.79 Å². The first kappa shape index (κ1) is 16.5. The fraction of sp³-hybridized carbons (Fsp3) is 0.286. The van der Waals surface area contributed by atoms with Gasteiger partial charge in [0.1, 0.15) is 12.2 Å². The van der Waals surface area contributed by atoms with Crippen LogP contribution in [0.1, 0.15) is 40.5 Å². The molecule has 2 aromatic carbocycles. The highest BCUT2D eigenvalue weighted by Crippen LogP contribution is 2.28. The molecule has 0 bridgehead atoms. The number of likely N-dealkylation sites (tertiary alicyclic amines) is 1. The van der Waals surface area contributed by atoms with Gasteiger partial charge in [-0.15, -0.1) is 10.2 Å². The Bertz CT molecular complexity index is 903. The lowest BCUT2D eigenvalue weighted by atomic mass is 9.96. The highest BCUT2D eigenvalue weighted by atomic mass is 16.2. The van der Waals surface area contributed by atoms with E-state index >= 15 is 0 Å². The van der Waals surface area contributed by atoms with Gasteiger partial charge in [0.05, 0.1) is 0 Å². The van der Waals surface area contributed by atoms with Crippen LogP contribution in [0.2, 0.25) is 0 Å². The van der Waals surface area contributed by atoms with Crippen LogP contribution in [0.3, 0.4) is 0 Å². The number of aryl methyl sites for hydroxylation is 1. The Morgan fingerprint density at radius 1 is 1.08 bits per heavy atom. The Hall–Kier alpha value is -2.95. The second-order valence-corrected chi connectivity index (χ2v) is 6.80. The van der Waals surface area contributed by atoms with Gasteiger partial charge in [0.15, 0.2) is 0 Å². The van der Waals surface area contributed by atoms with Crippen LogP contribution in [-0.2, 0) is 0 Å². The van der Waals surface area contributed by atoms with Crippen LogP contribution in [0.5, 0.6) is 0 Å². The second kappa shape index (κ2) is 7.12. The van der Waals surface area contributed by atoms with Crippen LogP contribution in [-0.4, -0.2) is 38.7 Å². The number of hydrogen-bond acceptors (Lipinski definition) is 3. The number of hydrogen-bond donors (Lipinski definition) is 0. The Balaban J connectivity index is 1.58. The summed E-state index contributed by atoms with van der Waals surface area (Å²) in [6, 6.07) is 17.9. The van der Waals surface area contributed by atoms with Crippen molar-refractivity contribution in [2.75, 3.05) is 13.1 Å². The normalized spacial score (nSPS) is 17.3. The predicted molar refractivity (Wildman–Crippen MR) is 100 cm³/mol. The maximum absolute atomic E-state index is 13.0. The van der Waals surface area contributed by atoms with E-state index in [-0.39, 0.29) is 11.8 Å². The molecule has 1 saturated heterocycles. The highest BCUT2D eigenvalue weighted by molar-refractivity contribution is 5.95. The van der Waals surface area contributed by atoms with Crippen molar-refractivity contribution in [3.63, 3.8) is 0 Å². The molecule has 0 aliphatic carbocycles. The fourth-order valence-corrected chi connectivity index (χ4v) is 3.67. The summed E-state index contributed by atoms with van der Waals surface area (Å²) in [6.07, 6.45) is 3.75. The maximum Gasteiger partial charge on any atom is 0.254 e. The van der Waals surface area contributed by atoms with Gasteiger partial charge in [-0.25, -0.2) is 0 Å². The number of piperidine rings is 1. The van der Waals surface area contributed by atoms with Gasteiger partial charge < -0.3 is 4.90 Å². The minimum absolute atomic E-state index is 0.110. The molecule has 0 radical (unpaired) electrons. The minimum Gasteiger partial charge on any atom is -0.338 e. The summed E-state index contributed by atoms with van der Waals surface area (Å²) in [4.78, 5) is 14.9. The maximum atomic E-state index is 13.0. The van der Waals surface area contributed by atoms with Crippen molar-refractivity contribution in [2.24, 2.45) is 0 Å². The Morgan fingerprint density at radius 2 is 1.85 bits per heavy atom. The van der Waals surface area contributed by atoms with Gasteiger partial charge >= 0.3 is 0 Å². The molecule has 1 atom stereocenters. The van der Waals surface area contributed by atoms with Crippen molar-refractivity contribution in [3.8, 4) is 5.69 Å². The van der Waals surface area contributed by atoms with Crippen molar-refractivity contribution in [3.05, 3.63) is 77.9 Å². The molecule has 3 aromatic rings. The minimum atomic E-state index is 0.110. The summed E-state index contributed by atoms with van der Waals surface area (Å²) in [5, 5.41) is 8.50. The standard InChI is InChI=1S/C21H22N4O/c1-16-8-5-6-12-19(16)21(26)24-13-7-9-17(14-24)20-23-22-15-25(20)18-10-3-2-4-11-18/h2-6,8,10-12,15,17H,7,9,13-14H2,1H3/t17-/m1/s1. The molecule has 0 spiro atoms. The fourth-order valence-electron chi connectivity index (χ4n) is 3.67. The Labute approximate surface area is 153 Å². The molecule has 4 rings (SSSR count). The number of para-hydroxylation sites is 1. The molecule has 1 aliphatic rings. The van der Waals surface area contributed by atoms with E-state index in [0.29, 0.717) is 6.54 Å². The van der Waals surface area contributed by atoms with Crippen molar-refractivity contribution in [1.29, 1.82) is 0 Å². The molecular formula is C21H22N4O. The van der Waals surface area contributed by atoms with Crippen LogP contribution in [0.25, 0.3) is 5.69 Å². The zero-order chi connectivity index (χ0) is 17.9. The van der Waals surface area contributed by atoms with Gasteiger partial charge in [-0.05, 0) is 43.5 Å². The largest absolute Gasteiger partial charge is 0.338 e. The Morgan fingerprint density at radius 3 is 2.65 bits per heavy atom. The lowest BCUT2D eigenvalue weighted by Crippen LogP contribution is -2.40. The average molecular weight is 346 g/mol. The van der Waals surface area contributed by atoms with Crippen molar-refractivity contribution in [2.45, 2.75) is 25.7 Å². The predicted octanol–water partition coefficient (Wildman–Crippen LogP) is 3.60.